The van der Waals surface area contributed by atoms with E-state index in [4.69, 9.17) is 0 Å². The van der Waals surface area contributed by atoms with Crippen LogP contribution in [-0.4, -0.2) is 48.1 Å². The molecule has 2 bridgehead atoms. The largest absolute Gasteiger partial charge is 0.298 e. The Morgan fingerprint density at radius 3 is 2.52 bits per heavy atom. The maximum atomic E-state index is 3.00. The van der Waals surface area contributed by atoms with Crippen LogP contribution in [0, 0.1) is 23.7 Å². The first-order valence-electron chi connectivity index (χ1n) is 10.5. The molecule has 5 unspecified atom stereocenters. The zero-order valence-corrected chi connectivity index (χ0v) is 14.7. The molecule has 0 amide bonds. The fourth-order valence-corrected chi connectivity index (χ4v) is 6.87. The summed E-state index contributed by atoms with van der Waals surface area (Å²) in [5.41, 5.74) is 0. The van der Waals surface area contributed by atoms with Gasteiger partial charge in [0.1, 0.15) is 0 Å². The molecule has 5 rings (SSSR count). The molecule has 5 atom stereocenters. The predicted molar refractivity (Wildman–Crippen MR) is 95.4 cm³/mol. The zero-order chi connectivity index (χ0) is 15.2. The van der Waals surface area contributed by atoms with E-state index in [1.54, 1.807) is 0 Å². The molecule has 128 valence electrons. The molecule has 0 N–H and O–H groups in total. The molecule has 0 aromatic rings. The second-order valence-electron chi connectivity index (χ2n) is 9.17. The molecule has 2 heteroatoms. The summed E-state index contributed by atoms with van der Waals surface area (Å²) in [5, 5.41) is 0. The highest BCUT2D eigenvalue weighted by Gasteiger charge is 2.45. The number of piperazine rings is 1. The second kappa shape index (κ2) is 6.19. The standard InChI is InChI=1S/C21H34N2/c1-2-5-17(6-3-1)21-20-7-4-10-22(20)11-12-23(21)15-19-14-16-8-9-18(19)13-16/h8-9,16-21H,1-7,10-15H2. The van der Waals surface area contributed by atoms with Crippen LogP contribution in [0.3, 0.4) is 0 Å². The smallest absolute Gasteiger partial charge is 0.0280 e. The lowest BCUT2D eigenvalue weighted by molar-refractivity contribution is -0.00913. The van der Waals surface area contributed by atoms with Crippen molar-refractivity contribution >= 4 is 0 Å². The maximum absolute atomic E-state index is 3.00. The second-order valence-corrected chi connectivity index (χ2v) is 9.17. The highest BCUT2D eigenvalue weighted by Crippen LogP contribution is 2.45. The molecule has 2 saturated heterocycles. The molecule has 2 heterocycles. The van der Waals surface area contributed by atoms with Gasteiger partial charge in [0.25, 0.3) is 0 Å². The zero-order valence-electron chi connectivity index (χ0n) is 14.7. The van der Waals surface area contributed by atoms with Crippen LogP contribution in [-0.2, 0) is 0 Å². The van der Waals surface area contributed by atoms with Crippen molar-refractivity contribution in [1.82, 2.24) is 9.80 Å². The summed E-state index contributed by atoms with van der Waals surface area (Å²) in [4.78, 5) is 5.86. The van der Waals surface area contributed by atoms with Crippen molar-refractivity contribution in [3.8, 4) is 0 Å². The van der Waals surface area contributed by atoms with Crippen LogP contribution in [0.4, 0.5) is 0 Å². The molecule has 2 aliphatic heterocycles. The van der Waals surface area contributed by atoms with Crippen LogP contribution in [0.25, 0.3) is 0 Å². The van der Waals surface area contributed by atoms with E-state index < -0.39 is 0 Å². The fourth-order valence-electron chi connectivity index (χ4n) is 6.87. The summed E-state index contributed by atoms with van der Waals surface area (Å²) >= 11 is 0. The first-order valence-corrected chi connectivity index (χ1v) is 10.5. The third kappa shape index (κ3) is 2.70. The van der Waals surface area contributed by atoms with Gasteiger partial charge in [-0.15, -0.1) is 0 Å². The van der Waals surface area contributed by atoms with Crippen molar-refractivity contribution < 1.29 is 0 Å². The summed E-state index contributed by atoms with van der Waals surface area (Å²) in [5.74, 6) is 3.84. The first-order chi connectivity index (χ1) is 11.4. The number of hydrogen-bond donors (Lipinski definition) is 0. The Kier molecular flexibility index (Phi) is 4.02. The van der Waals surface area contributed by atoms with Gasteiger partial charge in [0.2, 0.25) is 0 Å². The Balaban J connectivity index is 1.33. The van der Waals surface area contributed by atoms with Crippen molar-refractivity contribution in [2.24, 2.45) is 23.7 Å². The van der Waals surface area contributed by atoms with Crippen molar-refractivity contribution in [3.05, 3.63) is 12.2 Å². The quantitative estimate of drug-likeness (QED) is 0.728. The van der Waals surface area contributed by atoms with E-state index in [9.17, 15) is 0 Å². The number of allylic oxidation sites excluding steroid dienone is 2. The lowest BCUT2D eigenvalue weighted by Crippen LogP contribution is -2.61. The van der Waals surface area contributed by atoms with Gasteiger partial charge in [-0.2, -0.15) is 0 Å². The van der Waals surface area contributed by atoms with Crippen LogP contribution < -0.4 is 0 Å². The SMILES string of the molecule is C1=CC2CC1CC2CN1CCN2CCCC2C1C1CCCCC1. The van der Waals surface area contributed by atoms with Gasteiger partial charge in [-0.1, -0.05) is 31.4 Å². The molecule has 23 heavy (non-hydrogen) atoms. The molecule has 2 nitrogen and oxygen atoms in total. The van der Waals surface area contributed by atoms with Gasteiger partial charge in [-0.3, -0.25) is 9.80 Å². The lowest BCUT2D eigenvalue weighted by atomic mass is 9.78. The molecular formula is C21H34N2. The molecular weight excluding hydrogens is 280 g/mol. The third-order valence-corrected chi connectivity index (χ3v) is 7.92. The van der Waals surface area contributed by atoms with Crippen LogP contribution in [0.15, 0.2) is 12.2 Å². The van der Waals surface area contributed by atoms with Gasteiger partial charge in [-0.25, -0.2) is 0 Å². The predicted octanol–water partition coefficient (Wildman–Crippen LogP) is 3.93. The Labute approximate surface area is 142 Å². The summed E-state index contributed by atoms with van der Waals surface area (Å²) in [7, 11) is 0. The van der Waals surface area contributed by atoms with E-state index in [2.05, 4.69) is 22.0 Å². The van der Waals surface area contributed by atoms with E-state index in [0.29, 0.717) is 0 Å². The topological polar surface area (TPSA) is 6.48 Å². The van der Waals surface area contributed by atoms with Gasteiger partial charge in [0.05, 0.1) is 0 Å². The number of nitrogens with zero attached hydrogens (tertiary/aromatic N) is 2. The van der Waals surface area contributed by atoms with Crippen LogP contribution in [0.5, 0.6) is 0 Å². The Morgan fingerprint density at radius 1 is 0.826 bits per heavy atom. The van der Waals surface area contributed by atoms with Crippen LogP contribution in [0.2, 0.25) is 0 Å². The van der Waals surface area contributed by atoms with Crippen molar-refractivity contribution in [2.75, 3.05) is 26.2 Å². The van der Waals surface area contributed by atoms with Gasteiger partial charge < -0.3 is 0 Å². The fraction of sp³-hybridized carbons (Fsp3) is 0.905. The van der Waals surface area contributed by atoms with Gasteiger partial charge >= 0.3 is 0 Å². The van der Waals surface area contributed by atoms with E-state index >= 15 is 0 Å². The van der Waals surface area contributed by atoms with E-state index in [1.807, 2.05) is 0 Å². The van der Waals surface area contributed by atoms with Gasteiger partial charge in [-0.05, 0) is 68.7 Å². The summed E-state index contributed by atoms with van der Waals surface area (Å²) < 4.78 is 0. The minimum Gasteiger partial charge on any atom is -0.298 e. The van der Waals surface area contributed by atoms with E-state index in [0.717, 1.165) is 35.8 Å². The van der Waals surface area contributed by atoms with Crippen LogP contribution in [0.1, 0.15) is 57.8 Å². The monoisotopic (exact) mass is 314 g/mol. The lowest BCUT2D eigenvalue weighted by Gasteiger charge is -2.50. The van der Waals surface area contributed by atoms with E-state index in [-0.39, 0.29) is 0 Å². The molecule has 0 radical (unpaired) electrons. The third-order valence-electron chi connectivity index (χ3n) is 7.92. The van der Waals surface area contributed by atoms with Crippen molar-refractivity contribution in [3.63, 3.8) is 0 Å². The molecule has 5 aliphatic rings. The molecule has 0 aromatic heterocycles. The highest BCUT2D eigenvalue weighted by molar-refractivity contribution is 5.11. The Morgan fingerprint density at radius 2 is 1.74 bits per heavy atom. The number of hydrogen-bond acceptors (Lipinski definition) is 2. The summed E-state index contributed by atoms with van der Waals surface area (Å²) in [6.07, 6.45) is 18.5. The van der Waals surface area contributed by atoms with Gasteiger partial charge in [0, 0.05) is 31.7 Å². The van der Waals surface area contributed by atoms with Gasteiger partial charge in [0.15, 0.2) is 0 Å². The highest BCUT2D eigenvalue weighted by atomic mass is 15.3. The number of rotatable bonds is 3. The summed E-state index contributed by atoms with van der Waals surface area (Å²) in [6, 6.07) is 1.80. The maximum Gasteiger partial charge on any atom is 0.0280 e. The molecule has 0 aromatic carbocycles. The first kappa shape index (κ1) is 15.0. The average Bonchev–Trinajstić information content (AvgIpc) is 3.31. The van der Waals surface area contributed by atoms with Crippen molar-refractivity contribution in [1.29, 1.82) is 0 Å². The number of fused-ring (bicyclic) bond motifs is 3. The molecule has 3 aliphatic carbocycles. The normalized spacial score (nSPS) is 45.0. The molecule has 0 spiro atoms. The minimum absolute atomic E-state index is 0.898. The van der Waals surface area contributed by atoms with Crippen molar-refractivity contribution in [2.45, 2.75) is 69.9 Å². The minimum atomic E-state index is 0.898. The molecule has 4 fully saturated rings. The Hall–Kier alpha value is -0.340. The Bertz CT molecular complexity index is 453. The summed E-state index contributed by atoms with van der Waals surface area (Å²) in [6.45, 7) is 5.51. The van der Waals surface area contributed by atoms with E-state index in [1.165, 1.54) is 84.0 Å². The van der Waals surface area contributed by atoms with Crippen LogP contribution >= 0.6 is 0 Å². The average molecular weight is 315 g/mol. The molecule has 2 saturated carbocycles.